The quantitative estimate of drug-likeness (QED) is 0.850. The van der Waals surface area contributed by atoms with Gasteiger partial charge in [0.2, 0.25) is 0 Å². The average molecular weight is 275 g/mol. The van der Waals surface area contributed by atoms with Crippen LogP contribution in [0, 0.1) is 0 Å². The van der Waals surface area contributed by atoms with Crippen molar-refractivity contribution in [3.05, 3.63) is 28.8 Å². The highest BCUT2D eigenvalue weighted by Gasteiger charge is 2.38. The summed E-state index contributed by atoms with van der Waals surface area (Å²) >= 11 is 5.86. The minimum atomic E-state index is -3.86. The van der Waals surface area contributed by atoms with E-state index in [0.717, 1.165) is 4.31 Å². The third kappa shape index (κ3) is 1.87. The van der Waals surface area contributed by atoms with Crippen LogP contribution in [0.2, 0.25) is 5.02 Å². The number of rotatable bonds is 1. The lowest BCUT2D eigenvalue weighted by atomic mass is 10.1. The fourth-order valence-corrected chi connectivity index (χ4v) is 3.45. The monoisotopic (exact) mass is 274 g/mol. The summed E-state index contributed by atoms with van der Waals surface area (Å²) in [6.07, 6.45) is 0. The van der Waals surface area contributed by atoms with Gasteiger partial charge in [-0.2, -0.15) is 8.42 Å². The molecule has 17 heavy (non-hydrogen) atoms. The van der Waals surface area contributed by atoms with Gasteiger partial charge in [-0.25, -0.2) is 4.31 Å². The Morgan fingerprint density at radius 1 is 1.35 bits per heavy atom. The Bertz CT molecular complexity index is 583. The number of fused-ring (bicyclic) bond motifs is 1. The first kappa shape index (κ1) is 12.2. The lowest BCUT2D eigenvalue weighted by Gasteiger charge is -2.31. The largest absolute Gasteiger partial charge is 0.326 e. The molecule has 0 saturated carbocycles. The van der Waals surface area contributed by atoms with Crippen LogP contribution in [0.25, 0.3) is 0 Å². The first-order valence-corrected chi connectivity index (χ1v) is 6.81. The number of para-hydroxylation sites is 1. The van der Waals surface area contributed by atoms with Crippen LogP contribution in [-0.2, 0) is 10.2 Å². The summed E-state index contributed by atoms with van der Waals surface area (Å²) in [6.45, 7) is 3.26. The molecule has 1 amide bonds. The molecule has 0 fully saturated rings. The van der Waals surface area contributed by atoms with E-state index in [9.17, 15) is 13.2 Å². The SMILES string of the molecule is CC(C)N1C(=O)c2cccc(Cl)c2NS1(=O)=O. The van der Waals surface area contributed by atoms with Crippen molar-refractivity contribution in [2.45, 2.75) is 19.9 Å². The van der Waals surface area contributed by atoms with Crippen LogP contribution in [0.3, 0.4) is 0 Å². The van der Waals surface area contributed by atoms with Gasteiger partial charge in [0, 0.05) is 6.04 Å². The number of nitrogens with zero attached hydrogens (tertiary/aromatic N) is 1. The molecule has 0 atom stereocenters. The normalized spacial score (nSPS) is 17.9. The highest BCUT2D eigenvalue weighted by molar-refractivity contribution is 7.91. The summed E-state index contributed by atoms with van der Waals surface area (Å²) in [6, 6.07) is 4.23. The maximum atomic E-state index is 12.1. The van der Waals surface area contributed by atoms with Crippen LogP contribution in [0.15, 0.2) is 18.2 Å². The molecule has 1 aromatic rings. The van der Waals surface area contributed by atoms with Crippen LogP contribution < -0.4 is 4.72 Å². The number of anilines is 1. The van der Waals surface area contributed by atoms with E-state index in [4.69, 9.17) is 11.6 Å². The standard InChI is InChI=1S/C10H11ClN2O3S/c1-6(2)13-10(14)7-4-3-5-8(11)9(7)12-17(13,15)16/h3-6,12H,1-2H3. The lowest BCUT2D eigenvalue weighted by molar-refractivity contribution is 0.0834. The first-order chi connectivity index (χ1) is 7.84. The van der Waals surface area contributed by atoms with E-state index in [1.807, 2.05) is 0 Å². The molecule has 1 N–H and O–H groups in total. The number of hydrogen-bond acceptors (Lipinski definition) is 3. The molecule has 0 bridgehead atoms. The van der Waals surface area contributed by atoms with Crippen molar-refractivity contribution in [3.8, 4) is 0 Å². The molecular weight excluding hydrogens is 264 g/mol. The molecule has 1 aliphatic rings. The molecule has 0 aliphatic carbocycles. The number of nitrogens with one attached hydrogen (secondary N) is 1. The molecule has 92 valence electrons. The van der Waals surface area contributed by atoms with Gasteiger partial charge in [0.05, 0.1) is 16.3 Å². The summed E-state index contributed by atoms with van der Waals surface area (Å²) in [5.41, 5.74) is 0.414. The van der Waals surface area contributed by atoms with Crippen molar-refractivity contribution in [3.63, 3.8) is 0 Å². The third-order valence-corrected chi connectivity index (χ3v) is 4.29. The first-order valence-electron chi connectivity index (χ1n) is 4.99. The van der Waals surface area contributed by atoms with Crippen molar-refractivity contribution in [1.82, 2.24) is 4.31 Å². The minimum Gasteiger partial charge on any atom is -0.268 e. The van der Waals surface area contributed by atoms with Crippen molar-refractivity contribution in [2.75, 3.05) is 4.72 Å². The van der Waals surface area contributed by atoms with Gasteiger partial charge < -0.3 is 0 Å². The van der Waals surface area contributed by atoms with Crippen LogP contribution in [0.1, 0.15) is 24.2 Å². The van der Waals surface area contributed by atoms with Gasteiger partial charge in [-0.1, -0.05) is 17.7 Å². The van der Waals surface area contributed by atoms with E-state index in [0.29, 0.717) is 0 Å². The van der Waals surface area contributed by atoms with Crippen LogP contribution in [0.5, 0.6) is 0 Å². The Balaban J connectivity index is 2.66. The van der Waals surface area contributed by atoms with E-state index in [-0.39, 0.29) is 16.3 Å². The molecule has 7 heteroatoms. The molecule has 0 saturated heterocycles. The molecule has 0 aromatic heterocycles. The summed E-state index contributed by atoms with van der Waals surface area (Å²) in [5.74, 6) is -0.559. The second-order valence-corrected chi connectivity index (χ2v) is 5.92. The van der Waals surface area contributed by atoms with Crippen LogP contribution >= 0.6 is 11.6 Å². The van der Waals surface area contributed by atoms with E-state index in [1.54, 1.807) is 26.0 Å². The maximum Gasteiger partial charge on any atom is 0.326 e. The molecule has 0 spiro atoms. The number of carbonyl (C=O) groups is 1. The fourth-order valence-electron chi connectivity index (χ4n) is 1.72. The van der Waals surface area contributed by atoms with E-state index in [1.165, 1.54) is 6.07 Å². The van der Waals surface area contributed by atoms with Gasteiger partial charge in [0.15, 0.2) is 0 Å². The summed E-state index contributed by atoms with van der Waals surface area (Å²) < 4.78 is 26.9. The lowest BCUT2D eigenvalue weighted by Crippen LogP contribution is -2.48. The minimum absolute atomic E-state index is 0.149. The fraction of sp³-hybridized carbons (Fsp3) is 0.300. The molecule has 0 radical (unpaired) electrons. The Morgan fingerprint density at radius 2 is 2.00 bits per heavy atom. The second-order valence-electron chi connectivity index (χ2n) is 3.96. The highest BCUT2D eigenvalue weighted by atomic mass is 35.5. The van der Waals surface area contributed by atoms with Crippen molar-refractivity contribution in [1.29, 1.82) is 0 Å². The highest BCUT2D eigenvalue weighted by Crippen LogP contribution is 2.33. The molecule has 1 aliphatic heterocycles. The molecule has 5 nitrogen and oxygen atoms in total. The number of hydrogen-bond donors (Lipinski definition) is 1. The average Bonchev–Trinajstić information content (AvgIpc) is 2.18. The Morgan fingerprint density at radius 3 is 2.59 bits per heavy atom. The third-order valence-electron chi connectivity index (χ3n) is 2.40. The van der Waals surface area contributed by atoms with Crippen molar-refractivity contribution < 1.29 is 13.2 Å². The number of amides is 1. The van der Waals surface area contributed by atoms with E-state index in [2.05, 4.69) is 4.72 Å². The Kier molecular flexibility index (Phi) is 2.79. The second kappa shape index (κ2) is 3.89. The van der Waals surface area contributed by atoms with E-state index < -0.39 is 22.2 Å². The summed E-state index contributed by atoms with van der Waals surface area (Å²) in [7, 11) is -3.86. The Hall–Kier alpha value is -1.27. The van der Waals surface area contributed by atoms with Gasteiger partial charge >= 0.3 is 10.2 Å². The zero-order chi connectivity index (χ0) is 12.8. The zero-order valence-electron chi connectivity index (χ0n) is 9.27. The number of halogens is 1. The van der Waals surface area contributed by atoms with Gasteiger partial charge in [-0.3, -0.25) is 9.52 Å². The molecule has 1 aromatic carbocycles. The van der Waals surface area contributed by atoms with Gasteiger partial charge in [-0.15, -0.1) is 0 Å². The molecular formula is C10H11ClN2O3S. The Labute approximate surface area is 105 Å². The predicted octanol–water partition coefficient (Wildman–Crippen LogP) is 1.86. The van der Waals surface area contributed by atoms with Gasteiger partial charge in [-0.05, 0) is 26.0 Å². The predicted molar refractivity (Wildman–Crippen MR) is 65.3 cm³/mol. The maximum absolute atomic E-state index is 12.1. The molecule has 1 heterocycles. The van der Waals surface area contributed by atoms with Crippen LogP contribution in [-0.4, -0.2) is 24.7 Å². The molecule has 0 unspecified atom stereocenters. The topological polar surface area (TPSA) is 66.5 Å². The van der Waals surface area contributed by atoms with E-state index >= 15 is 0 Å². The summed E-state index contributed by atoms with van der Waals surface area (Å²) in [4.78, 5) is 12.1. The number of carbonyl (C=O) groups excluding carboxylic acids is 1. The van der Waals surface area contributed by atoms with Crippen molar-refractivity contribution >= 4 is 33.4 Å². The zero-order valence-corrected chi connectivity index (χ0v) is 10.8. The smallest absolute Gasteiger partial charge is 0.268 e. The number of benzene rings is 1. The van der Waals surface area contributed by atoms with Gasteiger partial charge in [0.25, 0.3) is 5.91 Å². The van der Waals surface area contributed by atoms with Crippen molar-refractivity contribution in [2.24, 2.45) is 0 Å². The van der Waals surface area contributed by atoms with Gasteiger partial charge in [0.1, 0.15) is 0 Å². The summed E-state index contributed by atoms with van der Waals surface area (Å²) in [5, 5.41) is 0.211. The molecule has 2 rings (SSSR count). The van der Waals surface area contributed by atoms with Crippen LogP contribution in [0.4, 0.5) is 5.69 Å².